The molecule has 0 bridgehead atoms. The Morgan fingerprint density at radius 1 is 1.40 bits per heavy atom. The van der Waals surface area contributed by atoms with Crippen molar-refractivity contribution in [1.29, 1.82) is 0 Å². The summed E-state index contributed by atoms with van der Waals surface area (Å²) >= 11 is 3.52. The molecule has 0 radical (unpaired) electrons. The second-order valence-corrected chi connectivity index (χ2v) is 5.15. The summed E-state index contributed by atoms with van der Waals surface area (Å²) in [6.07, 6.45) is 1.30. The summed E-state index contributed by atoms with van der Waals surface area (Å²) in [4.78, 5) is 2.23. The maximum Gasteiger partial charge on any atom is 0.0808 e. The summed E-state index contributed by atoms with van der Waals surface area (Å²) in [5.74, 6) is 0. The highest BCUT2D eigenvalue weighted by atomic mass is 79.9. The van der Waals surface area contributed by atoms with E-state index in [9.17, 15) is 0 Å². The van der Waals surface area contributed by atoms with E-state index in [1.807, 2.05) is 0 Å². The average Bonchev–Trinajstić information content (AvgIpc) is 2.55. The molecule has 0 spiro atoms. The highest BCUT2D eigenvalue weighted by molar-refractivity contribution is 9.10. The molecule has 0 heterocycles. The van der Waals surface area contributed by atoms with Gasteiger partial charge in [0.15, 0.2) is 0 Å². The highest BCUT2D eigenvalue weighted by Gasteiger charge is 2.33. The molecule has 1 aromatic carbocycles. The highest BCUT2D eigenvalue weighted by Crippen LogP contribution is 2.37. The van der Waals surface area contributed by atoms with Gasteiger partial charge in [-0.2, -0.15) is 0 Å². The van der Waals surface area contributed by atoms with Crippen LogP contribution in [0.5, 0.6) is 0 Å². The van der Waals surface area contributed by atoms with E-state index in [1.54, 1.807) is 7.11 Å². The van der Waals surface area contributed by atoms with E-state index in [2.05, 4.69) is 53.1 Å². The van der Waals surface area contributed by atoms with Crippen molar-refractivity contribution in [2.45, 2.75) is 18.6 Å². The Bertz CT molecular complexity index is 365. The number of halogens is 1. The van der Waals surface area contributed by atoms with Crippen molar-refractivity contribution in [2.24, 2.45) is 0 Å². The van der Waals surface area contributed by atoms with Gasteiger partial charge in [-0.3, -0.25) is 0 Å². The lowest BCUT2D eigenvalue weighted by atomic mass is 10.1. The number of benzene rings is 1. The number of ether oxygens (including phenoxy) is 1. The molecule has 15 heavy (non-hydrogen) atoms. The average molecular weight is 270 g/mol. The van der Waals surface area contributed by atoms with Crippen LogP contribution in [0.15, 0.2) is 22.7 Å². The Hall–Kier alpha value is -0.380. The van der Waals surface area contributed by atoms with Crippen molar-refractivity contribution < 1.29 is 4.74 Å². The minimum absolute atomic E-state index is 0.282. The lowest BCUT2D eigenvalue weighted by molar-refractivity contribution is 0.0436. The molecule has 82 valence electrons. The van der Waals surface area contributed by atoms with Gasteiger partial charge in [-0.25, -0.2) is 0 Å². The summed E-state index contributed by atoms with van der Waals surface area (Å²) < 4.78 is 6.69. The molecule has 1 aromatic rings. The van der Waals surface area contributed by atoms with E-state index in [0.29, 0.717) is 6.04 Å². The molecule has 0 saturated carbocycles. The third-order valence-electron chi connectivity index (χ3n) is 3.06. The Kier molecular flexibility index (Phi) is 3.14. The number of hydrogen-bond donors (Lipinski definition) is 0. The molecule has 2 nitrogen and oxygen atoms in total. The molecule has 2 rings (SSSR count). The maximum absolute atomic E-state index is 5.55. The smallest absolute Gasteiger partial charge is 0.0808 e. The van der Waals surface area contributed by atoms with E-state index < -0.39 is 0 Å². The third kappa shape index (κ3) is 1.96. The Morgan fingerprint density at radius 3 is 2.73 bits per heavy atom. The second-order valence-electron chi connectivity index (χ2n) is 4.23. The molecular formula is C12H16BrNO. The quantitative estimate of drug-likeness (QED) is 0.819. The molecule has 0 fully saturated rings. The van der Waals surface area contributed by atoms with Gasteiger partial charge in [-0.05, 0) is 37.4 Å². The Morgan fingerprint density at radius 2 is 2.13 bits per heavy atom. The lowest BCUT2D eigenvalue weighted by Crippen LogP contribution is -2.29. The number of nitrogens with zero attached hydrogens (tertiary/aromatic N) is 1. The van der Waals surface area contributed by atoms with Crippen molar-refractivity contribution in [1.82, 2.24) is 4.90 Å². The molecule has 0 saturated heterocycles. The van der Waals surface area contributed by atoms with Crippen LogP contribution in [0.3, 0.4) is 0 Å². The zero-order valence-corrected chi connectivity index (χ0v) is 10.9. The summed E-state index contributed by atoms with van der Waals surface area (Å²) in [6, 6.07) is 6.87. The number of fused-ring (bicyclic) bond motifs is 1. The zero-order chi connectivity index (χ0) is 11.0. The van der Waals surface area contributed by atoms with Gasteiger partial charge in [0.2, 0.25) is 0 Å². The molecule has 0 unspecified atom stereocenters. The van der Waals surface area contributed by atoms with Crippen molar-refractivity contribution in [3.63, 3.8) is 0 Å². The molecule has 3 heteroatoms. The monoisotopic (exact) mass is 269 g/mol. The minimum Gasteiger partial charge on any atom is -0.379 e. The first kappa shape index (κ1) is 11.1. The molecule has 0 N–H and O–H groups in total. The van der Waals surface area contributed by atoms with Gasteiger partial charge >= 0.3 is 0 Å². The number of hydrogen-bond acceptors (Lipinski definition) is 2. The largest absolute Gasteiger partial charge is 0.379 e. The summed E-state index contributed by atoms with van der Waals surface area (Å²) in [5.41, 5.74) is 2.80. The Balaban J connectivity index is 2.41. The van der Waals surface area contributed by atoms with E-state index >= 15 is 0 Å². The van der Waals surface area contributed by atoms with Gasteiger partial charge in [0.05, 0.1) is 12.1 Å². The normalized spacial score (nSPS) is 24.6. The van der Waals surface area contributed by atoms with Crippen molar-refractivity contribution in [3.8, 4) is 0 Å². The molecule has 0 aromatic heterocycles. The summed E-state index contributed by atoms with van der Waals surface area (Å²) in [5, 5.41) is 0. The van der Waals surface area contributed by atoms with Crippen LogP contribution in [0.4, 0.5) is 0 Å². The summed E-state index contributed by atoms with van der Waals surface area (Å²) in [6.45, 7) is 0. The standard InChI is InChI=1S/C12H16BrNO/c1-14(2)12-10-7-9(13)5-4-8(10)6-11(12)15-3/h4-5,7,11-12H,6H2,1-3H3/t11-,12-/m0/s1. The van der Waals surface area contributed by atoms with Gasteiger partial charge in [0.1, 0.15) is 0 Å². The van der Waals surface area contributed by atoms with Crippen LogP contribution in [0.25, 0.3) is 0 Å². The molecule has 1 aliphatic carbocycles. The number of rotatable bonds is 2. The topological polar surface area (TPSA) is 12.5 Å². The fourth-order valence-corrected chi connectivity index (χ4v) is 2.76. The van der Waals surface area contributed by atoms with Crippen molar-refractivity contribution in [2.75, 3.05) is 21.2 Å². The van der Waals surface area contributed by atoms with E-state index in [1.165, 1.54) is 11.1 Å². The van der Waals surface area contributed by atoms with Crippen LogP contribution < -0.4 is 0 Å². The number of methoxy groups -OCH3 is 1. The van der Waals surface area contributed by atoms with Crippen LogP contribution in [-0.4, -0.2) is 32.2 Å². The molecular weight excluding hydrogens is 254 g/mol. The first-order valence-corrected chi connectivity index (χ1v) is 5.90. The maximum atomic E-state index is 5.55. The van der Waals surface area contributed by atoms with Crippen molar-refractivity contribution >= 4 is 15.9 Å². The van der Waals surface area contributed by atoms with Gasteiger partial charge in [0.25, 0.3) is 0 Å². The molecule has 0 aliphatic heterocycles. The summed E-state index contributed by atoms with van der Waals surface area (Å²) in [7, 11) is 6.00. The molecule has 0 amide bonds. The molecule has 1 aliphatic rings. The fourth-order valence-electron chi connectivity index (χ4n) is 2.38. The van der Waals surface area contributed by atoms with Crippen LogP contribution >= 0.6 is 15.9 Å². The SMILES string of the molecule is CO[C@H]1Cc2ccc(Br)cc2[C@@H]1N(C)C. The first-order valence-electron chi connectivity index (χ1n) is 5.11. The van der Waals surface area contributed by atoms with E-state index in [-0.39, 0.29) is 6.10 Å². The predicted octanol–water partition coefficient (Wildman–Crippen LogP) is 2.62. The predicted molar refractivity (Wildman–Crippen MR) is 65.1 cm³/mol. The third-order valence-corrected chi connectivity index (χ3v) is 3.55. The van der Waals surface area contributed by atoms with Gasteiger partial charge in [-0.1, -0.05) is 22.0 Å². The first-order chi connectivity index (χ1) is 7.13. The fraction of sp³-hybridized carbons (Fsp3) is 0.500. The van der Waals surface area contributed by atoms with Crippen LogP contribution in [0, 0.1) is 0 Å². The van der Waals surface area contributed by atoms with Gasteiger partial charge in [0, 0.05) is 18.0 Å². The lowest BCUT2D eigenvalue weighted by Gasteiger charge is -2.26. The Labute approximate surface area is 99.4 Å². The van der Waals surface area contributed by atoms with E-state index in [4.69, 9.17) is 4.74 Å². The van der Waals surface area contributed by atoms with Gasteiger partial charge < -0.3 is 9.64 Å². The van der Waals surface area contributed by atoms with Crippen LogP contribution in [-0.2, 0) is 11.2 Å². The van der Waals surface area contributed by atoms with E-state index in [0.717, 1.165) is 10.9 Å². The van der Waals surface area contributed by atoms with Crippen LogP contribution in [0.1, 0.15) is 17.2 Å². The van der Waals surface area contributed by atoms with Gasteiger partial charge in [-0.15, -0.1) is 0 Å². The zero-order valence-electron chi connectivity index (χ0n) is 9.33. The van der Waals surface area contributed by atoms with Crippen molar-refractivity contribution in [3.05, 3.63) is 33.8 Å². The molecule has 2 atom stereocenters. The minimum atomic E-state index is 0.282. The van der Waals surface area contributed by atoms with Crippen LogP contribution in [0.2, 0.25) is 0 Å². The number of likely N-dealkylation sites (N-methyl/N-ethyl adjacent to an activating group) is 1. The second kappa shape index (κ2) is 4.24.